The van der Waals surface area contributed by atoms with Crippen LogP contribution in [0.1, 0.15) is 30.0 Å². The molecule has 1 aromatic carbocycles. The molecule has 32 heavy (non-hydrogen) atoms. The Morgan fingerprint density at radius 1 is 1.06 bits per heavy atom. The number of piperazine rings is 1. The zero-order chi connectivity index (χ0) is 22.5. The Hall–Kier alpha value is -3.39. The zero-order valence-corrected chi connectivity index (χ0v) is 18.3. The van der Waals surface area contributed by atoms with Crippen molar-refractivity contribution in [2.24, 2.45) is 0 Å². The van der Waals surface area contributed by atoms with Crippen molar-refractivity contribution in [3.8, 4) is 0 Å². The SMILES string of the molecule is CC(C)OCc1c(C(=O)OCC(=O)N2CCN(c3ccccn3)CC2)oc2ccccc12. The molecule has 1 saturated heterocycles. The highest BCUT2D eigenvalue weighted by molar-refractivity contribution is 5.96. The molecule has 0 aliphatic carbocycles. The Kier molecular flexibility index (Phi) is 6.70. The predicted molar refractivity (Wildman–Crippen MR) is 119 cm³/mol. The minimum atomic E-state index is -0.663. The summed E-state index contributed by atoms with van der Waals surface area (Å²) in [5, 5.41) is 0.803. The normalized spacial score (nSPS) is 14.2. The number of carbonyl (C=O) groups is 2. The topological polar surface area (TPSA) is 85.1 Å². The summed E-state index contributed by atoms with van der Waals surface area (Å²) in [6, 6.07) is 13.1. The summed E-state index contributed by atoms with van der Waals surface area (Å²) in [5.41, 5.74) is 1.22. The maximum Gasteiger partial charge on any atom is 0.375 e. The first-order valence-electron chi connectivity index (χ1n) is 10.8. The molecule has 4 rings (SSSR count). The summed E-state index contributed by atoms with van der Waals surface area (Å²) in [6.07, 6.45) is 1.75. The third-order valence-corrected chi connectivity index (χ3v) is 5.38. The minimum absolute atomic E-state index is 0.00105. The van der Waals surface area contributed by atoms with E-state index in [0.29, 0.717) is 37.3 Å². The smallest absolute Gasteiger partial charge is 0.375 e. The van der Waals surface area contributed by atoms with Crippen molar-refractivity contribution in [2.75, 3.05) is 37.7 Å². The number of rotatable bonds is 7. The molecule has 8 nitrogen and oxygen atoms in total. The van der Waals surface area contributed by atoms with Crippen LogP contribution in [0.5, 0.6) is 0 Å². The molecular formula is C24H27N3O5. The van der Waals surface area contributed by atoms with Crippen LogP contribution < -0.4 is 4.90 Å². The van der Waals surface area contributed by atoms with Gasteiger partial charge in [-0.1, -0.05) is 24.3 Å². The van der Waals surface area contributed by atoms with Crippen LogP contribution in [0.4, 0.5) is 5.82 Å². The molecule has 3 aromatic rings. The molecule has 0 radical (unpaired) electrons. The molecule has 1 amide bonds. The van der Waals surface area contributed by atoms with Crippen LogP contribution in [0.15, 0.2) is 53.1 Å². The second kappa shape index (κ2) is 9.82. The number of nitrogens with zero attached hydrogens (tertiary/aromatic N) is 3. The number of anilines is 1. The fourth-order valence-electron chi connectivity index (χ4n) is 3.67. The average Bonchev–Trinajstić information content (AvgIpc) is 3.20. The second-order valence-electron chi connectivity index (χ2n) is 7.90. The van der Waals surface area contributed by atoms with Gasteiger partial charge >= 0.3 is 5.97 Å². The number of fused-ring (bicyclic) bond motifs is 1. The lowest BCUT2D eigenvalue weighted by Crippen LogP contribution is -2.50. The molecule has 0 atom stereocenters. The van der Waals surface area contributed by atoms with Crippen molar-refractivity contribution >= 4 is 28.7 Å². The van der Waals surface area contributed by atoms with E-state index in [4.69, 9.17) is 13.9 Å². The van der Waals surface area contributed by atoms with Gasteiger partial charge in [0.2, 0.25) is 5.76 Å². The summed E-state index contributed by atoms with van der Waals surface area (Å²) in [5.74, 6) is 0.0887. The highest BCUT2D eigenvalue weighted by Crippen LogP contribution is 2.27. The van der Waals surface area contributed by atoms with Crippen molar-refractivity contribution in [3.63, 3.8) is 0 Å². The van der Waals surface area contributed by atoms with Crippen LogP contribution >= 0.6 is 0 Å². The Labute approximate surface area is 186 Å². The van der Waals surface area contributed by atoms with Gasteiger partial charge in [-0.05, 0) is 32.0 Å². The van der Waals surface area contributed by atoms with E-state index in [1.54, 1.807) is 17.2 Å². The van der Waals surface area contributed by atoms with Gasteiger partial charge in [-0.3, -0.25) is 4.79 Å². The van der Waals surface area contributed by atoms with Crippen LogP contribution in [0.25, 0.3) is 11.0 Å². The molecule has 8 heteroatoms. The van der Waals surface area contributed by atoms with Crippen LogP contribution in [0, 0.1) is 0 Å². The van der Waals surface area contributed by atoms with Crippen molar-refractivity contribution in [3.05, 3.63) is 60.0 Å². The van der Waals surface area contributed by atoms with E-state index in [0.717, 1.165) is 11.2 Å². The third-order valence-electron chi connectivity index (χ3n) is 5.38. The predicted octanol–water partition coefficient (Wildman–Crippen LogP) is 3.26. The number of pyridine rings is 1. The first kappa shape index (κ1) is 21.8. The van der Waals surface area contributed by atoms with Gasteiger partial charge in [0.05, 0.1) is 12.7 Å². The number of carbonyl (C=O) groups excluding carboxylic acids is 2. The number of hydrogen-bond donors (Lipinski definition) is 0. The van der Waals surface area contributed by atoms with Crippen molar-refractivity contribution in [1.82, 2.24) is 9.88 Å². The molecule has 0 bridgehead atoms. The maximum absolute atomic E-state index is 12.7. The molecule has 2 aromatic heterocycles. The fraction of sp³-hybridized carbons (Fsp3) is 0.375. The summed E-state index contributed by atoms with van der Waals surface area (Å²) in [7, 11) is 0. The molecule has 1 aliphatic rings. The number of furan rings is 1. The van der Waals surface area contributed by atoms with Gasteiger partial charge < -0.3 is 23.7 Å². The van der Waals surface area contributed by atoms with Crippen molar-refractivity contribution < 1.29 is 23.5 Å². The Balaban J connectivity index is 1.36. The quantitative estimate of drug-likeness (QED) is 0.525. The number of aromatic nitrogens is 1. The number of amides is 1. The van der Waals surface area contributed by atoms with E-state index < -0.39 is 5.97 Å². The highest BCUT2D eigenvalue weighted by Gasteiger charge is 2.26. The summed E-state index contributed by atoms with van der Waals surface area (Å²) in [6.45, 7) is 6.19. The number of hydrogen-bond acceptors (Lipinski definition) is 7. The molecule has 0 N–H and O–H groups in total. The summed E-state index contributed by atoms with van der Waals surface area (Å²) < 4.78 is 16.8. The second-order valence-corrected chi connectivity index (χ2v) is 7.90. The molecule has 1 aliphatic heterocycles. The van der Waals surface area contributed by atoms with Crippen LogP contribution in [0.3, 0.4) is 0 Å². The third kappa shape index (κ3) is 4.91. The van der Waals surface area contributed by atoms with E-state index in [2.05, 4.69) is 9.88 Å². The van der Waals surface area contributed by atoms with E-state index in [-0.39, 0.29) is 31.0 Å². The lowest BCUT2D eigenvalue weighted by Gasteiger charge is -2.35. The van der Waals surface area contributed by atoms with Crippen LogP contribution in [-0.4, -0.2) is 60.7 Å². The largest absolute Gasteiger partial charge is 0.450 e. The number of benzene rings is 1. The van der Waals surface area contributed by atoms with Gasteiger partial charge in [0.15, 0.2) is 6.61 Å². The first-order valence-corrected chi connectivity index (χ1v) is 10.8. The minimum Gasteiger partial charge on any atom is -0.450 e. The Bertz CT molecular complexity index is 1070. The molecule has 0 unspecified atom stereocenters. The van der Waals surface area contributed by atoms with E-state index >= 15 is 0 Å². The molecule has 1 fully saturated rings. The fourth-order valence-corrected chi connectivity index (χ4v) is 3.67. The lowest BCUT2D eigenvalue weighted by atomic mass is 10.1. The van der Waals surface area contributed by atoms with Gasteiger partial charge in [-0.15, -0.1) is 0 Å². The van der Waals surface area contributed by atoms with Gasteiger partial charge in [-0.2, -0.15) is 0 Å². The monoisotopic (exact) mass is 437 g/mol. The lowest BCUT2D eigenvalue weighted by molar-refractivity contribution is -0.134. The molecule has 0 saturated carbocycles. The maximum atomic E-state index is 12.7. The zero-order valence-electron chi connectivity index (χ0n) is 18.3. The summed E-state index contributed by atoms with van der Waals surface area (Å²) in [4.78, 5) is 33.5. The van der Waals surface area contributed by atoms with Gasteiger partial charge in [0, 0.05) is 43.3 Å². The van der Waals surface area contributed by atoms with E-state index in [1.807, 2.05) is 50.2 Å². The Morgan fingerprint density at radius 2 is 1.81 bits per heavy atom. The van der Waals surface area contributed by atoms with E-state index in [9.17, 15) is 9.59 Å². The molecule has 168 valence electrons. The number of esters is 1. The highest BCUT2D eigenvalue weighted by atomic mass is 16.5. The van der Waals surface area contributed by atoms with Crippen molar-refractivity contribution in [2.45, 2.75) is 26.6 Å². The van der Waals surface area contributed by atoms with Crippen LogP contribution in [0.2, 0.25) is 0 Å². The van der Waals surface area contributed by atoms with Crippen molar-refractivity contribution in [1.29, 1.82) is 0 Å². The Morgan fingerprint density at radius 3 is 2.53 bits per heavy atom. The summed E-state index contributed by atoms with van der Waals surface area (Å²) >= 11 is 0. The van der Waals surface area contributed by atoms with Gasteiger partial charge in [0.25, 0.3) is 5.91 Å². The average molecular weight is 437 g/mol. The molecular weight excluding hydrogens is 410 g/mol. The number of ether oxygens (including phenoxy) is 2. The van der Waals surface area contributed by atoms with Gasteiger partial charge in [0.1, 0.15) is 11.4 Å². The first-order chi connectivity index (χ1) is 15.5. The van der Waals surface area contributed by atoms with Crippen LogP contribution in [-0.2, 0) is 20.9 Å². The molecule has 3 heterocycles. The van der Waals surface area contributed by atoms with E-state index in [1.165, 1.54) is 0 Å². The van der Waals surface area contributed by atoms with Gasteiger partial charge in [-0.25, -0.2) is 9.78 Å². The number of para-hydroxylation sites is 1. The standard InChI is InChI=1S/C24H27N3O5/c1-17(2)30-15-19-18-7-3-4-8-20(18)32-23(19)24(29)31-16-22(28)27-13-11-26(12-14-27)21-9-5-6-10-25-21/h3-10,17H,11-16H2,1-2H3. The molecule has 0 spiro atoms.